The molecule has 0 fully saturated rings. The van der Waals surface area contributed by atoms with Crippen molar-refractivity contribution < 1.29 is 0 Å². The van der Waals surface area contributed by atoms with Gasteiger partial charge >= 0.3 is 0 Å². The summed E-state index contributed by atoms with van der Waals surface area (Å²) in [4.78, 5) is 0. The first-order chi connectivity index (χ1) is 10.6. The van der Waals surface area contributed by atoms with Crippen LogP contribution in [-0.2, 0) is 5.41 Å². The lowest BCUT2D eigenvalue weighted by atomic mass is 9.70. The van der Waals surface area contributed by atoms with Crippen LogP contribution in [0.5, 0.6) is 0 Å². The lowest BCUT2D eigenvalue weighted by Gasteiger charge is -2.33. The van der Waals surface area contributed by atoms with Gasteiger partial charge in [-0.15, -0.1) is 0 Å². The molecule has 4 rings (SSSR count). The fraction of sp³-hybridized carbons (Fsp3) is 0.333. The summed E-state index contributed by atoms with van der Waals surface area (Å²) in [5.74, 6) is 1.33. The zero-order valence-electron chi connectivity index (χ0n) is 13.1. The van der Waals surface area contributed by atoms with Crippen molar-refractivity contribution >= 4 is 28.2 Å². The van der Waals surface area contributed by atoms with Crippen molar-refractivity contribution in [1.82, 2.24) is 0 Å². The van der Waals surface area contributed by atoms with Crippen LogP contribution in [0.15, 0.2) is 54.6 Å². The molecule has 0 N–H and O–H groups in total. The minimum Gasteiger partial charge on any atom is -0.0761 e. The van der Waals surface area contributed by atoms with E-state index in [1.165, 1.54) is 27.5 Å². The van der Waals surface area contributed by atoms with E-state index in [0.717, 1.165) is 0 Å². The van der Waals surface area contributed by atoms with Gasteiger partial charge in [-0.2, -0.15) is 0 Å². The minimum absolute atomic E-state index is 0.238. The minimum atomic E-state index is 0.238. The number of rotatable bonds is 1. The Morgan fingerprint density at radius 2 is 1.82 bits per heavy atom. The van der Waals surface area contributed by atoms with Gasteiger partial charge in [-0.3, -0.25) is 0 Å². The van der Waals surface area contributed by atoms with Crippen molar-refractivity contribution in [2.24, 2.45) is 5.92 Å². The maximum atomic E-state index is 2.58. The van der Waals surface area contributed by atoms with Gasteiger partial charge < -0.3 is 0 Å². The molecule has 0 radical (unpaired) electrons. The smallest absolute Gasteiger partial charge is 0.0133 e. The summed E-state index contributed by atoms with van der Waals surface area (Å²) in [5.41, 5.74) is 6.35. The van der Waals surface area contributed by atoms with Gasteiger partial charge in [-0.25, -0.2) is 0 Å². The second kappa shape index (κ2) is 5.23. The molecule has 0 heterocycles. The average Bonchev–Trinajstić information content (AvgIpc) is 2.76. The van der Waals surface area contributed by atoms with E-state index in [9.17, 15) is 0 Å². The quantitative estimate of drug-likeness (QED) is 0.503. The normalized spacial score (nSPS) is 25.3. The molecular formula is C21H21I. The molecule has 2 aromatic carbocycles. The van der Waals surface area contributed by atoms with Gasteiger partial charge in [0.25, 0.3) is 0 Å². The lowest BCUT2D eigenvalue weighted by molar-refractivity contribution is 0.350. The van der Waals surface area contributed by atoms with E-state index < -0.39 is 0 Å². The summed E-state index contributed by atoms with van der Waals surface area (Å²) in [6.45, 7) is 4.86. The van der Waals surface area contributed by atoms with Crippen LogP contribution in [0.4, 0.5) is 0 Å². The van der Waals surface area contributed by atoms with Gasteiger partial charge in [0.1, 0.15) is 0 Å². The maximum Gasteiger partial charge on any atom is 0.0133 e. The second-order valence-electron chi connectivity index (χ2n) is 7.18. The third-order valence-corrected chi connectivity index (χ3v) is 6.30. The Morgan fingerprint density at radius 3 is 2.59 bits per heavy atom. The molecule has 0 bridgehead atoms. The van der Waals surface area contributed by atoms with Gasteiger partial charge in [-0.1, -0.05) is 56.3 Å². The van der Waals surface area contributed by atoms with E-state index in [1.54, 1.807) is 11.1 Å². The van der Waals surface area contributed by atoms with Crippen molar-refractivity contribution in [3.8, 4) is 0 Å². The predicted octanol–water partition coefficient (Wildman–Crippen LogP) is 6.16. The Balaban J connectivity index is 1.80. The highest BCUT2D eigenvalue weighted by Crippen LogP contribution is 2.56. The standard InChI is InChI=1S/C21H21I/c1-21(2)19-12-15(14-6-4-3-5-7-14)8-10-17(19)18-11-9-16(22)13-20(18)21/h3-7,9,11-13,17,19H,8,10H2,1-2H3. The van der Waals surface area contributed by atoms with Gasteiger partial charge in [0.15, 0.2) is 0 Å². The van der Waals surface area contributed by atoms with E-state index in [-0.39, 0.29) is 5.41 Å². The SMILES string of the molecule is CC1(C)c2cc(I)ccc2C2CCC(c3ccccc3)=CC21. The van der Waals surface area contributed by atoms with Crippen molar-refractivity contribution in [3.05, 3.63) is 74.9 Å². The van der Waals surface area contributed by atoms with Gasteiger partial charge in [0.2, 0.25) is 0 Å². The Morgan fingerprint density at radius 1 is 1.05 bits per heavy atom. The Bertz CT molecular complexity index is 740. The molecule has 0 saturated heterocycles. The van der Waals surface area contributed by atoms with Crippen molar-refractivity contribution in [1.29, 1.82) is 0 Å². The topological polar surface area (TPSA) is 0 Å². The summed E-state index contributed by atoms with van der Waals surface area (Å²) >= 11 is 2.44. The first kappa shape index (κ1) is 14.5. The largest absolute Gasteiger partial charge is 0.0761 e. The van der Waals surface area contributed by atoms with E-state index in [0.29, 0.717) is 11.8 Å². The third-order valence-electron chi connectivity index (χ3n) is 5.63. The third kappa shape index (κ3) is 2.17. The highest BCUT2D eigenvalue weighted by molar-refractivity contribution is 14.1. The molecule has 0 aromatic heterocycles. The second-order valence-corrected chi connectivity index (χ2v) is 8.43. The van der Waals surface area contributed by atoms with Crippen LogP contribution in [0.25, 0.3) is 5.57 Å². The van der Waals surface area contributed by atoms with Gasteiger partial charge in [-0.05, 0) is 87.1 Å². The highest BCUT2D eigenvalue weighted by atomic mass is 127. The number of hydrogen-bond donors (Lipinski definition) is 0. The molecule has 22 heavy (non-hydrogen) atoms. The Labute approximate surface area is 146 Å². The molecule has 2 unspecified atom stereocenters. The number of hydrogen-bond acceptors (Lipinski definition) is 0. The molecule has 0 spiro atoms. The lowest BCUT2D eigenvalue weighted by Crippen LogP contribution is -2.26. The molecule has 0 aliphatic heterocycles. The molecule has 2 atom stereocenters. The summed E-state index contributed by atoms with van der Waals surface area (Å²) < 4.78 is 1.36. The van der Waals surface area contributed by atoms with E-state index in [2.05, 4.69) is 91.0 Å². The molecule has 1 heteroatoms. The molecule has 0 nitrogen and oxygen atoms in total. The number of allylic oxidation sites excluding steroid dienone is 2. The molecule has 0 saturated carbocycles. The Kier molecular flexibility index (Phi) is 3.44. The zero-order chi connectivity index (χ0) is 15.3. The number of benzene rings is 2. The molecule has 2 aliphatic carbocycles. The summed E-state index contributed by atoms with van der Waals surface area (Å²) in [6.07, 6.45) is 5.06. The molecule has 2 aliphatic rings. The summed E-state index contributed by atoms with van der Waals surface area (Å²) in [7, 11) is 0. The van der Waals surface area contributed by atoms with Crippen molar-refractivity contribution in [2.45, 2.75) is 38.0 Å². The Hall–Kier alpha value is -1.09. The fourth-order valence-corrected chi connectivity index (χ4v) is 4.94. The zero-order valence-corrected chi connectivity index (χ0v) is 15.3. The molecule has 2 aromatic rings. The van der Waals surface area contributed by atoms with Crippen LogP contribution >= 0.6 is 22.6 Å². The summed E-state index contributed by atoms with van der Waals surface area (Å²) in [6, 6.07) is 18.0. The molecule has 112 valence electrons. The molecule has 0 amide bonds. The van der Waals surface area contributed by atoms with Gasteiger partial charge in [0, 0.05) is 3.57 Å². The number of fused-ring (bicyclic) bond motifs is 3. The predicted molar refractivity (Wildman–Crippen MR) is 102 cm³/mol. The summed E-state index contributed by atoms with van der Waals surface area (Å²) in [5, 5.41) is 0. The van der Waals surface area contributed by atoms with E-state index in [1.807, 2.05) is 0 Å². The highest BCUT2D eigenvalue weighted by Gasteiger charge is 2.46. The first-order valence-corrected chi connectivity index (χ1v) is 9.21. The van der Waals surface area contributed by atoms with Crippen LogP contribution in [0, 0.1) is 9.49 Å². The average molecular weight is 400 g/mol. The van der Waals surface area contributed by atoms with Gasteiger partial charge in [0.05, 0.1) is 0 Å². The van der Waals surface area contributed by atoms with E-state index in [4.69, 9.17) is 0 Å². The fourth-order valence-electron chi connectivity index (χ4n) is 4.45. The van der Waals surface area contributed by atoms with Crippen molar-refractivity contribution in [3.63, 3.8) is 0 Å². The van der Waals surface area contributed by atoms with E-state index >= 15 is 0 Å². The first-order valence-electron chi connectivity index (χ1n) is 8.13. The van der Waals surface area contributed by atoms with Crippen LogP contribution in [-0.4, -0.2) is 0 Å². The van der Waals surface area contributed by atoms with Crippen LogP contribution in [0.3, 0.4) is 0 Å². The van der Waals surface area contributed by atoms with Crippen molar-refractivity contribution in [2.75, 3.05) is 0 Å². The van der Waals surface area contributed by atoms with Crippen LogP contribution in [0.1, 0.15) is 49.3 Å². The maximum absolute atomic E-state index is 2.58. The molecular weight excluding hydrogens is 379 g/mol. The van der Waals surface area contributed by atoms with Crippen LogP contribution in [0.2, 0.25) is 0 Å². The monoisotopic (exact) mass is 400 g/mol. The number of halogens is 1. The van der Waals surface area contributed by atoms with Crippen LogP contribution < -0.4 is 0 Å².